The Morgan fingerprint density at radius 2 is 2.04 bits per heavy atom. The normalized spacial score (nSPS) is 10.9. The highest BCUT2D eigenvalue weighted by Gasteiger charge is 2.04. The lowest BCUT2D eigenvalue weighted by Gasteiger charge is -2.09. The molecule has 0 radical (unpaired) electrons. The molecule has 1 amide bonds. The number of fused-ring (bicyclic) bond motifs is 1. The molecule has 0 bridgehead atoms. The number of hydrogen-bond donors (Lipinski definition) is 1. The average molecular weight is 319 g/mol. The van der Waals surface area contributed by atoms with E-state index in [9.17, 15) is 9.59 Å². The highest BCUT2D eigenvalue weighted by molar-refractivity contribution is 5.79. The molecule has 0 atom stereocenters. The molecule has 0 saturated carbocycles. The number of amides is 1. The summed E-state index contributed by atoms with van der Waals surface area (Å²) in [5.74, 6) is 0.272. The van der Waals surface area contributed by atoms with Crippen LogP contribution >= 0.6 is 0 Å². The summed E-state index contributed by atoms with van der Waals surface area (Å²) in [6.07, 6.45) is 0.951. The van der Waals surface area contributed by atoms with Gasteiger partial charge in [0.15, 0.2) is 6.61 Å². The van der Waals surface area contributed by atoms with E-state index in [4.69, 9.17) is 13.9 Å². The van der Waals surface area contributed by atoms with Crippen LogP contribution in [-0.2, 0) is 9.53 Å². The number of nitrogens with one attached hydrogen (secondary N) is 1. The minimum atomic E-state index is -0.420. The van der Waals surface area contributed by atoms with Crippen molar-refractivity contribution in [1.82, 2.24) is 5.32 Å². The Bertz CT molecular complexity index is 707. The monoisotopic (exact) mass is 319 g/mol. The van der Waals surface area contributed by atoms with Crippen LogP contribution in [0.5, 0.6) is 5.75 Å². The Morgan fingerprint density at radius 1 is 1.26 bits per heavy atom. The van der Waals surface area contributed by atoms with Gasteiger partial charge in [0.2, 0.25) is 0 Å². The third-order valence-electron chi connectivity index (χ3n) is 3.06. The van der Waals surface area contributed by atoms with Gasteiger partial charge in [0.05, 0.1) is 6.10 Å². The molecule has 0 spiro atoms. The fourth-order valence-corrected chi connectivity index (χ4v) is 1.95. The summed E-state index contributed by atoms with van der Waals surface area (Å²) in [4.78, 5) is 22.9. The maximum atomic E-state index is 11.7. The molecule has 2 rings (SSSR count). The standard InChI is InChI=1S/C17H21NO5/c1-12(2)21-9-3-8-18-16(19)11-22-14-6-4-13-5-7-17(20)23-15(13)10-14/h4-7,10,12H,3,8-9,11H2,1-2H3,(H,18,19). The molecular formula is C17H21NO5. The molecule has 2 aromatic rings. The van der Waals surface area contributed by atoms with Gasteiger partial charge in [0, 0.05) is 30.7 Å². The van der Waals surface area contributed by atoms with E-state index < -0.39 is 5.63 Å². The SMILES string of the molecule is CC(C)OCCCNC(=O)COc1ccc2ccc(=O)oc2c1. The lowest BCUT2D eigenvalue weighted by molar-refractivity contribution is -0.123. The van der Waals surface area contributed by atoms with Crippen LogP contribution < -0.4 is 15.7 Å². The van der Waals surface area contributed by atoms with Gasteiger partial charge in [-0.2, -0.15) is 0 Å². The van der Waals surface area contributed by atoms with Crippen LogP contribution in [0.2, 0.25) is 0 Å². The van der Waals surface area contributed by atoms with Gasteiger partial charge in [-0.15, -0.1) is 0 Å². The van der Waals surface area contributed by atoms with Crippen LogP contribution in [-0.4, -0.2) is 31.8 Å². The summed E-state index contributed by atoms with van der Waals surface area (Å²) in [6.45, 7) is 5.01. The number of benzene rings is 1. The second kappa shape index (κ2) is 8.33. The molecule has 0 aliphatic heterocycles. The molecule has 0 saturated heterocycles. The second-order valence-corrected chi connectivity index (χ2v) is 5.37. The molecule has 6 nitrogen and oxygen atoms in total. The molecule has 1 N–H and O–H groups in total. The predicted molar refractivity (Wildman–Crippen MR) is 86.7 cm³/mol. The largest absolute Gasteiger partial charge is 0.484 e. The molecule has 1 heterocycles. The van der Waals surface area contributed by atoms with Gasteiger partial charge in [-0.1, -0.05) is 0 Å². The first-order valence-electron chi connectivity index (χ1n) is 7.59. The summed E-state index contributed by atoms with van der Waals surface area (Å²) < 4.78 is 15.9. The third kappa shape index (κ3) is 5.75. The summed E-state index contributed by atoms with van der Waals surface area (Å²) in [7, 11) is 0. The van der Waals surface area contributed by atoms with Gasteiger partial charge in [0.1, 0.15) is 11.3 Å². The van der Waals surface area contributed by atoms with Gasteiger partial charge < -0.3 is 19.2 Å². The van der Waals surface area contributed by atoms with Gasteiger partial charge in [-0.3, -0.25) is 4.79 Å². The Morgan fingerprint density at radius 3 is 2.83 bits per heavy atom. The summed E-state index contributed by atoms with van der Waals surface area (Å²) in [5, 5.41) is 3.55. The first kappa shape index (κ1) is 17.0. The minimum Gasteiger partial charge on any atom is -0.484 e. The zero-order chi connectivity index (χ0) is 16.7. The van der Waals surface area contributed by atoms with Crippen molar-refractivity contribution in [3.8, 4) is 5.75 Å². The zero-order valence-corrected chi connectivity index (χ0v) is 13.3. The quantitative estimate of drug-likeness (QED) is 0.595. The average Bonchev–Trinajstić information content (AvgIpc) is 2.51. The van der Waals surface area contributed by atoms with Crippen LogP contribution in [0, 0.1) is 0 Å². The predicted octanol–water partition coefficient (Wildman–Crippen LogP) is 2.10. The Kier molecular flexibility index (Phi) is 6.17. The molecule has 0 unspecified atom stereocenters. The molecule has 1 aromatic carbocycles. The van der Waals surface area contributed by atoms with Gasteiger partial charge in [-0.25, -0.2) is 4.79 Å². The summed E-state index contributed by atoms with van der Waals surface area (Å²) in [6, 6.07) is 8.14. The number of ether oxygens (including phenoxy) is 2. The second-order valence-electron chi connectivity index (χ2n) is 5.37. The number of rotatable bonds is 8. The Hall–Kier alpha value is -2.34. The third-order valence-corrected chi connectivity index (χ3v) is 3.06. The smallest absolute Gasteiger partial charge is 0.336 e. The van der Waals surface area contributed by atoms with Crippen LogP contribution in [0.4, 0.5) is 0 Å². The van der Waals surface area contributed by atoms with Crippen LogP contribution in [0.25, 0.3) is 11.0 Å². The molecule has 0 aliphatic rings. The zero-order valence-electron chi connectivity index (χ0n) is 13.3. The number of carbonyl (C=O) groups is 1. The topological polar surface area (TPSA) is 77.8 Å². The maximum absolute atomic E-state index is 11.7. The Labute approximate surface area is 134 Å². The fraction of sp³-hybridized carbons (Fsp3) is 0.412. The molecule has 23 heavy (non-hydrogen) atoms. The van der Waals surface area contributed by atoms with Crippen LogP contribution in [0.15, 0.2) is 39.5 Å². The lowest BCUT2D eigenvalue weighted by atomic mass is 10.2. The molecule has 1 aromatic heterocycles. The van der Waals surface area contributed by atoms with Crippen molar-refractivity contribution in [1.29, 1.82) is 0 Å². The molecule has 124 valence electrons. The number of carbonyl (C=O) groups excluding carboxylic acids is 1. The van der Waals surface area contributed by atoms with Crippen molar-refractivity contribution < 1.29 is 18.7 Å². The van der Waals surface area contributed by atoms with E-state index in [0.717, 1.165) is 11.8 Å². The van der Waals surface area contributed by atoms with Gasteiger partial charge in [-0.05, 0) is 38.5 Å². The van der Waals surface area contributed by atoms with Gasteiger partial charge in [0.25, 0.3) is 5.91 Å². The molecule has 0 fully saturated rings. The highest BCUT2D eigenvalue weighted by Crippen LogP contribution is 2.19. The van der Waals surface area contributed by atoms with E-state index in [1.165, 1.54) is 6.07 Å². The van der Waals surface area contributed by atoms with Crippen molar-refractivity contribution >= 4 is 16.9 Å². The van der Waals surface area contributed by atoms with Crippen LogP contribution in [0.1, 0.15) is 20.3 Å². The van der Waals surface area contributed by atoms with Crippen molar-refractivity contribution in [2.45, 2.75) is 26.4 Å². The van der Waals surface area contributed by atoms with E-state index in [0.29, 0.717) is 24.5 Å². The molecular weight excluding hydrogens is 298 g/mol. The number of hydrogen-bond acceptors (Lipinski definition) is 5. The fourth-order valence-electron chi connectivity index (χ4n) is 1.95. The van der Waals surface area contributed by atoms with E-state index in [2.05, 4.69) is 5.32 Å². The maximum Gasteiger partial charge on any atom is 0.336 e. The minimum absolute atomic E-state index is 0.0897. The van der Waals surface area contributed by atoms with E-state index >= 15 is 0 Å². The van der Waals surface area contributed by atoms with Crippen molar-refractivity contribution in [2.75, 3.05) is 19.8 Å². The van der Waals surface area contributed by atoms with Crippen molar-refractivity contribution in [3.05, 3.63) is 40.8 Å². The summed E-state index contributed by atoms with van der Waals surface area (Å²) in [5.41, 5.74) is 0.0113. The first-order chi connectivity index (χ1) is 11.0. The van der Waals surface area contributed by atoms with E-state index in [-0.39, 0.29) is 18.6 Å². The summed E-state index contributed by atoms with van der Waals surface area (Å²) >= 11 is 0. The molecule has 0 aliphatic carbocycles. The lowest BCUT2D eigenvalue weighted by Crippen LogP contribution is -2.30. The van der Waals surface area contributed by atoms with E-state index in [1.807, 2.05) is 13.8 Å². The van der Waals surface area contributed by atoms with Gasteiger partial charge >= 0.3 is 5.63 Å². The van der Waals surface area contributed by atoms with E-state index in [1.54, 1.807) is 24.3 Å². The first-order valence-corrected chi connectivity index (χ1v) is 7.59. The van der Waals surface area contributed by atoms with Crippen LogP contribution in [0.3, 0.4) is 0 Å². The van der Waals surface area contributed by atoms with Crippen molar-refractivity contribution in [2.24, 2.45) is 0 Å². The van der Waals surface area contributed by atoms with Crippen molar-refractivity contribution in [3.63, 3.8) is 0 Å². The Balaban J connectivity index is 1.77. The highest BCUT2D eigenvalue weighted by atomic mass is 16.5. The molecule has 6 heteroatoms.